The molecule has 10 heavy (non-hydrogen) atoms. The molecule has 1 heterocycles. The second-order valence-electron chi connectivity index (χ2n) is 1.75. The van der Waals surface area contributed by atoms with Gasteiger partial charge in [-0.2, -0.15) is 0 Å². The van der Waals surface area contributed by atoms with E-state index in [0.29, 0.717) is 5.82 Å². The van der Waals surface area contributed by atoms with Crippen molar-refractivity contribution in [2.45, 2.75) is 6.42 Å². The Morgan fingerprint density at radius 2 is 2.80 bits per heavy atom. The van der Waals surface area contributed by atoms with Crippen LogP contribution in [0.1, 0.15) is 5.82 Å². The molecule has 0 amide bonds. The number of nitrogens with zero attached hydrogens (tertiary/aromatic N) is 1. The van der Waals surface area contributed by atoms with Crippen molar-refractivity contribution < 1.29 is 14.5 Å². The normalized spacial score (nSPS) is 9.30. The topological polar surface area (TPSA) is 69.1 Å². The van der Waals surface area contributed by atoms with Gasteiger partial charge < -0.3 is 4.74 Å². The molecule has 2 N–H and O–H groups in total. The summed E-state index contributed by atoms with van der Waals surface area (Å²) in [5.41, 5.74) is 0. The third kappa shape index (κ3) is 1.54. The van der Waals surface area contributed by atoms with Crippen LogP contribution in [-0.4, -0.2) is 23.3 Å². The SMILES string of the molecule is COC(=O)Cc1[nH]nc[nH+]1. The summed E-state index contributed by atoms with van der Waals surface area (Å²) in [5, 5.41) is 6.22. The lowest BCUT2D eigenvalue weighted by molar-refractivity contribution is -0.389. The molecule has 1 aromatic rings. The number of rotatable bonds is 2. The van der Waals surface area contributed by atoms with E-state index in [-0.39, 0.29) is 12.4 Å². The molecule has 0 unspecified atom stereocenters. The molecule has 0 radical (unpaired) electrons. The van der Waals surface area contributed by atoms with E-state index in [4.69, 9.17) is 0 Å². The summed E-state index contributed by atoms with van der Waals surface area (Å²) >= 11 is 0. The first-order valence-electron chi connectivity index (χ1n) is 2.79. The van der Waals surface area contributed by atoms with E-state index < -0.39 is 0 Å². The third-order valence-electron chi connectivity index (χ3n) is 1.05. The minimum atomic E-state index is -0.291. The van der Waals surface area contributed by atoms with Crippen LogP contribution in [0.2, 0.25) is 0 Å². The number of ether oxygens (including phenoxy) is 1. The molecular weight excluding hydrogens is 134 g/mol. The van der Waals surface area contributed by atoms with Gasteiger partial charge in [0.05, 0.1) is 7.11 Å². The van der Waals surface area contributed by atoms with Crippen molar-refractivity contribution in [2.24, 2.45) is 0 Å². The maximum Gasteiger partial charge on any atom is 0.316 e. The monoisotopic (exact) mass is 142 g/mol. The molecule has 5 heteroatoms. The van der Waals surface area contributed by atoms with Crippen LogP contribution in [0.25, 0.3) is 0 Å². The number of carbonyl (C=O) groups excluding carboxylic acids is 1. The summed E-state index contributed by atoms with van der Waals surface area (Å²) in [6.07, 6.45) is 1.68. The molecule has 0 saturated carbocycles. The van der Waals surface area contributed by atoms with Crippen LogP contribution in [0.5, 0.6) is 0 Å². The highest BCUT2D eigenvalue weighted by Gasteiger charge is 2.07. The molecule has 0 aliphatic carbocycles. The van der Waals surface area contributed by atoms with Gasteiger partial charge >= 0.3 is 5.97 Å². The molecule has 0 fully saturated rings. The van der Waals surface area contributed by atoms with E-state index in [0.717, 1.165) is 0 Å². The Hall–Kier alpha value is -1.39. The van der Waals surface area contributed by atoms with Crippen molar-refractivity contribution >= 4 is 5.97 Å². The van der Waals surface area contributed by atoms with Crippen molar-refractivity contribution in [3.8, 4) is 0 Å². The summed E-state index contributed by atoms with van der Waals surface area (Å²) in [6, 6.07) is 0. The number of nitrogens with one attached hydrogen (secondary N) is 2. The Kier molecular flexibility index (Phi) is 1.99. The van der Waals surface area contributed by atoms with Gasteiger partial charge in [-0.15, -0.1) is 5.10 Å². The fraction of sp³-hybridized carbons (Fsp3) is 0.400. The largest absolute Gasteiger partial charge is 0.469 e. The number of aromatic amines is 2. The zero-order valence-corrected chi connectivity index (χ0v) is 5.55. The van der Waals surface area contributed by atoms with Gasteiger partial charge in [0.2, 0.25) is 5.82 Å². The minimum Gasteiger partial charge on any atom is -0.469 e. The number of aromatic nitrogens is 3. The van der Waals surface area contributed by atoms with Gasteiger partial charge in [-0.3, -0.25) is 4.79 Å². The fourth-order valence-electron chi connectivity index (χ4n) is 0.560. The van der Waals surface area contributed by atoms with Crippen LogP contribution < -0.4 is 4.98 Å². The van der Waals surface area contributed by atoms with Gasteiger partial charge in [-0.25, -0.2) is 4.98 Å². The van der Waals surface area contributed by atoms with E-state index in [1.54, 1.807) is 0 Å². The van der Waals surface area contributed by atoms with Crippen molar-refractivity contribution in [3.63, 3.8) is 0 Å². The standard InChI is InChI=1S/C5H7N3O2/c1-10-5(9)2-4-6-3-7-8-4/h3H,2H2,1H3,(H,6,7,8)/p+1. The lowest BCUT2D eigenvalue weighted by Gasteiger charge is -1.89. The van der Waals surface area contributed by atoms with E-state index in [1.165, 1.54) is 13.4 Å². The second kappa shape index (κ2) is 2.95. The number of hydrogen-bond acceptors (Lipinski definition) is 3. The Morgan fingerprint density at radius 1 is 2.00 bits per heavy atom. The fourth-order valence-corrected chi connectivity index (χ4v) is 0.560. The maximum atomic E-state index is 10.6. The zero-order chi connectivity index (χ0) is 7.40. The van der Waals surface area contributed by atoms with Crippen LogP contribution in [-0.2, 0) is 16.0 Å². The van der Waals surface area contributed by atoms with E-state index in [9.17, 15) is 4.79 Å². The number of methoxy groups -OCH3 is 1. The molecule has 0 atom stereocenters. The lowest BCUT2D eigenvalue weighted by atomic mass is 10.4. The molecule has 0 aliphatic rings. The van der Waals surface area contributed by atoms with Crippen LogP contribution >= 0.6 is 0 Å². The summed E-state index contributed by atoms with van der Waals surface area (Å²) in [4.78, 5) is 13.3. The molecule has 0 aliphatic heterocycles. The molecule has 1 aromatic heterocycles. The molecule has 0 saturated heterocycles. The van der Waals surface area contributed by atoms with Gasteiger partial charge in [-0.1, -0.05) is 0 Å². The average molecular weight is 142 g/mol. The Bertz CT molecular complexity index is 207. The summed E-state index contributed by atoms with van der Waals surface area (Å²) in [5.74, 6) is 0.354. The van der Waals surface area contributed by atoms with Gasteiger partial charge in [0, 0.05) is 5.10 Å². The van der Waals surface area contributed by atoms with Crippen LogP contribution in [0.4, 0.5) is 0 Å². The maximum absolute atomic E-state index is 10.6. The molecule has 54 valence electrons. The molecule has 5 nitrogen and oxygen atoms in total. The predicted molar refractivity (Wildman–Crippen MR) is 30.9 cm³/mol. The predicted octanol–water partition coefficient (Wildman–Crippen LogP) is -1.06. The quantitative estimate of drug-likeness (QED) is 0.535. The van der Waals surface area contributed by atoms with E-state index in [1.807, 2.05) is 0 Å². The number of carbonyl (C=O) groups is 1. The van der Waals surface area contributed by atoms with Gasteiger partial charge in [0.25, 0.3) is 6.33 Å². The van der Waals surface area contributed by atoms with E-state index in [2.05, 4.69) is 19.9 Å². The first-order chi connectivity index (χ1) is 4.83. The molecular formula is C5H8N3O2+. The van der Waals surface area contributed by atoms with E-state index >= 15 is 0 Å². The minimum absolute atomic E-state index is 0.205. The number of hydrogen-bond donors (Lipinski definition) is 1. The van der Waals surface area contributed by atoms with Crippen LogP contribution in [0, 0.1) is 0 Å². The first kappa shape index (κ1) is 6.73. The highest BCUT2D eigenvalue weighted by Crippen LogP contribution is 1.84. The molecule has 0 spiro atoms. The van der Waals surface area contributed by atoms with Crippen molar-refractivity contribution in [2.75, 3.05) is 7.11 Å². The highest BCUT2D eigenvalue weighted by atomic mass is 16.5. The summed E-state index contributed by atoms with van der Waals surface area (Å²) < 4.78 is 4.42. The zero-order valence-electron chi connectivity index (χ0n) is 5.55. The third-order valence-corrected chi connectivity index (χ3v) is 1.05. The lowest BCUT2D eigenvalue weighted by Crippen LogP contribution is -2.13. The van der Waals surface area contributed by atoms with Crippen molar-refractivity contribution in [1.29, 1.82) is 0 Å². The summed E-state index contributed by atoms with van der Waals surface area (Å²) in [7, 11) is 1.35. The molecule has 1 rings (SSSR count). The van der Waals surface area contributed by atoms with Crippen LogP contribution in [0.3, 0.4) is 0 Å². The van der Waals surface area contributed by atoms with Crippen molar-refractivity contribution in [3.05, 3.63) is 12.2 Å². The van der Waals surface area contributed by atoms with Crippen LogP contribution in [0.15, 0.2) is 6.33 Å². The molecule has 0 aromatic carbocycles. The molecule has 0 bridgehead atoms. The smallest absolute Gasteiger partial charge is 0.316 e. The summed E-state index contributed by atoms with van der Waals surface area (Å²) in [6.45, 7) is 0. The number of H-pyrrole nitrogens is 2. The van der Waals surface area contributed by atoms with Crippen molar-refractivity contribution in [1.82, 2.24) is 10.2 Å². The van der Waals surface area contributed by atoms with Gasteiger partial charge in [0.1, 0.15) is 6.42 Å². The first-order valence-corrected chi connectivity index (χ1v) is 2.79. The second-order valence-corrected chi connectivity index (χ2v) is 1.75. The highest BCUT2D eigenvalue weighted by molar-refractivity contribution is 5.70. The Labute approximate surface area is 57.4 Å². The van der Waals surface area contributed by atoms with Gasteiger partial charge in [-0.05, 0) is 0 Å². The number of esters is 1. The average Bonchev–Trinajstić information content (AvgIpc) is 2.40. The Balaban J connectivity index is 2.48. The van der Waals surface area contributed by atoms with Gasteiger partial charge in [0.15, 0.2) is 0 Å². The Morgan fingerprint density at radius 3 is 3.30 bits per heavy atom.